The van der Waals surface area contributed by atoms with E-state index in [0.717, 1.165) is 12.8 Å². The molecule has 0 fully saturated rings. The molecule has 1 N–H and O–H groups in total. The van der Waals surface area contributed by atoms with Crippen molar-refractivity contribution in [2.24, 2.45) is 0 Å². The molecule has 5 heteroatoms. The summed E-state index contributed by atoms with van der Waals surface area (Å²) in [4.78, 5) is 24.1. The second-order valence-electron chi connectivity index (χ2n) is 6.43. The second kappa shape index (κ2) is 10.4. The summed E-state index contributed by atoms with van der Waals surface area (Å²) in [6, 6.07) is 16.7. The average Bonchev–Trinajstić information content (AvgIpc) is 2.69. The fraction of sp³-hybridized carbons (Fsp3) is 0.364. The Morgan fingerprint density at radius 1 is 1.00 bits per heavy atom. The lowest BCUT2D eigenvalue weighted by molar-refractivity contribution is -0.155. The Kier molecular flexibility index (Phi) is 7.86. The van der Waals surface area contributed by atoms with Crippen molar-refractivity contribution in [2.45, 2.75) is 45.8 Å². The van der Waals surface area contributed by atoms with Gasteiger partial charge in [0.1, 0.15) is 5.75 Å². The topological polar surface area (TPSA) is 64.6 Å². The molecule has 0 radical (unpaired) electrons. The standard InChI is InChI=1S/C22H27NO4/c1-4-16(2)26-22(25)17(3)27-20-12-10-19(11-13-20)21(24)23-15-14-18-8-6-5-7-9-18/h5-13,16-17H,4,14-15H2,1-3H3,(H,23,24)/t16-,17+/m1/s1. The molecule has 0 unspecified atom stereocenters. The molecule has 0 spiro atoms. The lowest BCUT2D eigenvalue weighted by Crippen LogP contribution is -2.29. The van der Waals surface area contributed by atoms with Crippen LogP contribution in [0.5, 0.6) is 5.75 Å². The van der Waals surface area contributed by atoms with Crippen molar-refractivity contribution in [1.29, 1.82) is 0 Å². The van der Waals surface area contributed by atoms with E-state index in [0.29, 0.717) is 17.9 Å². The molecular formula is C22H27NO4. The molecule has 2 atom stereocenters. The van der Waals surface area contributed by atoms with E-state index in [2.05, 4.69) is 5.32 Å². The second-order valence-corrected chi connectivity index (χ2v) is 6.43. The Morgan fingerprint density at radius 2 is 1.67 bits per heavy atom. The molecule has 0 aliphatic heterocycles. The Balaban J connectivity index is 1.81. The van der Waals surface area contributed by atoms with E-state index in [1.165, 1.54) is 5.56 Å². The Hall–Kier alpha value is -2.82. The predicted molar refractivity (Wildman–Crippen MR) is 105 cm³/mol. The Labute approximate surface area is 160 Å². The van der Waals surface area contributed by atoms with Crippen LogP contribution in [0.4, 0.5) is 0 Å². The molecule has 0 saturated carbocycles. The van der Waals surface area contributed by atoms with Gasteiger partial charge in [-0.3, -0.25) is 4.79 Å². The third-order valence-electron chi connectivity index (χ3n) is 4.20. The van der Waals surface area contributed by atoms with E-state index in [9.17, 15) is 9.59 Å². The lowest BCUT2D eigenvalue weighted by atomic mass is 10.1. The molecule has 0 aromatic heterocycles. The minimum atomic E-state index is -0.704. The van der Waals surface area contributed by atoms with Crippen molar-refractivity contribution in [3.63, 3.8) is 0 Å². The van der Waals surface area contributed by atoms with E-state index in [4.69, 9.17) is 9.47 Å². The van der Waals surface area contributed by atoms with E-state index in [-0.39, 0.29) is 12.0 Å². The number of hydrogen-bond donors (Lipinski definition) is 1. The van der Waals surface area contributed by atoms with Crippen LogP contribution < -0.4 is 10.1 Å². The van der Waals surface area contributed by atoms with Gasteiger partial charge in [-0.25, -0.2) is 4.79 Å². The molecule has 5 nitrogen and oxygen atoms in total. The van der Waals surface area contributed by atoms with Gasteiger partial charge in [0.2, 0.25) is 0 Å². The number of carbonyl (C=O) groups is 2. The molecular weight excluding hydrogens is 342 g/mol. The summed E-state index contributed by atoms with van der Waals surface area (Å²) in [6.45, 7) is 6.01. The van der Waals surface area contributed by atoms with Gasteiger partial charge in [-0.05, 0) is 56.5 Å². The van der Waals surface area contributed by atoms with Crippen molar-refractivity contribution < 1.29 is 19.1 Å². The minimum absolute atomic E-state index is 0.134. The van der Waals surface area contributed by atoms with Gasteiger partial charge in [0.25, 0.3) is 5.91 Å². The van der Waals surface area contributed by atoms with Crippen molar-refractivity contribution in [2.75, 3.05) is 6.54 Å². The molecule has 2 aromatic rings. The Morgan fingerprint density at radius 3 is 2.30 bits per heavy atom. The first kappa shape index (κ1) is 20.5. The summed E-state index contributed by atoms with van der Waals surface area (Å²) >= 11 is 0. The van der Waals surface area contributed by atoms with Gasteiger partial charge in [0.05, 0.1) is 6.10 Å². The maximum Gasteiger partial charge on any atom is 0.347 e. The summed E-state index contributed by atoms with van der Waals surface area (Å²) in [7, 11) is 0. The molecule has 0 aliphatic rings. The minimum Gasteiger partial charge on any atom is -0.479 e. The highest BCUT2D eigenvalue weighted by molar-refractivity contribution is 5.94. The molecule has 2 aromatic carbocycles. The first-order chi connectivity index (χ1) is 13.0. The number of benzene rings is 2. The van der Waals surface area contributed by atoms with Crippen LogP contribution in [0.25, 0.3) is 0 Å². The molecule has 0 heterocycles. The van der Waals surface area contributed by atoms with Crippen molar-refractivity contribution in [1.82, 2.24) is 5.32 Å². The number of carbonyl (C=O) groups excluding carboxylic acids is 2. The summed E-state index contributed by atoms with van der Waals surface area (Å²) in [5.41, 5.74) is 1.73. The van der Waals surface area contributed by atoms with Gasteiger partial charge in [0, 0.05) is 12.1 Å². The highest BCUT2D eigenvalue weighted by Crippen LogP contribution is 2.15. The van der Waals surface area contributed by atoms with E-state index in [1.54, 1.807) is 31.2 Å². The van der Waals surface area contributed by atoms with Gasteiger partial charge in [-0.1, -0.05) is 37.3 Å². The van der Waals surface area contributed by atoms with Gasteiger partial charge < -0.3 is 14.8 Å². The Bertz CT molecular complexity index is 728. The van der Waals surface area contributed by atoms with Crippen LogP contribution in [0.2, 0.25) is 0 Å². The number of esters is 1. The van der Waals surface area contributed by atoms with Crippen LogP contribution in [-0.4, -0.2) is 30.6 Å². The fourth-order valence-corrected chi connectivity index (χ4v) is 2.38. The highest BCUT2D eigenvalue weighted by atomic mass is 16.6. The van der Waals surface area contributed by atoms with Crippen LogP contribution in [0.15, 0.2) is 54.6 Å². The molecule has 27 heavy (non-hydrogen) atoms. The summed E-state index contributed by atoms with van der Waals surface area (Å²) in [5, 5.41) is 2.90. The van der Waals surface area contributed by atoms with Crippen LogP contribution in [-0.2, 0) is 16.0 Å². The van der Waals surface area contributed by atoms with Gasteiger partial charge in [0.15, 0.2) is 6.10 Å². The smallest absolute Gasteiger partial charge is 0.347 e. The maximum atomic E-state index is 12.2. The van der Waals surface area contributed by atoms with Gasteiger partial charge in [-0.2, -0.15) is 0 Å². The SMILES string of the molecule is CC[C@@H](C)OC(=O)[C@H](C)Oc1ccc(C(=O)NCCc2ccccc2)cc1. The monoisotopic (exact) mass is 369 g/mol. The zero-order valence-electron chi connectivity index (χ0n) is 16.1. The van der Waals surface area contributed by atoms with Crippen LogP contribution in [0.1, 0.15) is 43.1 Å². The molecule has 0 aliphatic carbocycles. The van der Waals surface area contributed by atoms with Gasteiger partial charge in [-0.15, -0.1) is 0 Å². The summed E-state index contributed by atoms with van der Waals surface area (Å²) < 4.78 is 10.8. The van der Waals surface area contributed by atoms with Crippen molar-refractivity contribution in [3.05, 3.63) is 65.7 Å². The quantitative estimate of drug-likeness (QED) is 0.684. The average molecular weight is 369 g/mol. The molecule has 1 amide bonds. The zero-order valence-corrected chi connectivity index (χ0v) is 16.1. The third kappa shape index (κ3) is 6.77. The number of rotatable bonds is 9. The normalized spacial score (nSPS) is 12.7. The van der Waals surface area contributed by atoms with E-state index >= 15 is 0 Å². The van der Waals surface area contributed by atoms with Crippen LogP contribution in [0.3, 0.4) is 0 Å². The number of ether oxygens (including phenoxy) is 2. The van der Waals surface area contributed by atoms with Crippen LogP contribution in [0, 0.1) is 0 Å². The molecule has 0 saturated heterocycles. The molecule has 0 bridgehead atoms. The van der Waals surface area contributed by atoms with E-state index < -0.39 is 12.1 Å². The molecule has 144 valence electrons. The summed E-state index contributed by atoms with van der Waals surface area (Å²) in [6.07, 6.45) is 0.700. The van der Waals surface area contributed by atoms with Crippen molar-refractivity contribution >= 4 is 11.9 Å². The van der Waals surface area contributed by atoms with E-state index in [1.807, 2.05) is 44.2 Å². The molecule has 2 rings (SSSR count). The zero-order chi connectivity index (χ0) is 19.6. The predicted octanol–water partition coefficient (Wildman–Crippen LogP) is 3.77. The largest absolute Gasteiger partial charge is 0.479 e. The summed E-state index contributed by atoms with van der Waals surface area (Å²) in [5.74, 6) is -0.0155. The van der Waals surface area contributed by atoms with Gasteiger partial charge >= 0.3 is 5.97 Å². The number of amides is 1. The first-order valence-electron chi connectivity index (χ1n) is 9.29. The number of nitrogens with one attached hydrogen (secondary N) is 1. The van der Waals surface area contributed by atoms with Crippen LogP contribution >= 0.6 is 0 Å². The highest BCUT2D eigenvalue weighted by Gasteiger charge is 2.18. The number of hydrogen-bond acceptors (Lipinski definition) is 4. The first-order valence-corrected chi connectivity index (χ1v) is 9.29. The fourth-order valence-electron chi connectivity index (χ4n) is 2.38. The lowest BCUT2D eigenvalue weighted by Gasteiger charge is -2.17. The van der Waals surface area contributed by atoms with Crippen molar-refractivity contribution in [3.8, 4) is 5.75 Å². The maximum absolute atomic E-state index is 12.2. The third-order valence-corrected chi connectivity index (χ3v) is 4.20.